The number of allylic oxidation sites excluding steroid dienone is 5. The number of ether oxygens (including phenoxy) is 1. The van der Waals surface area contributed by atoms with Crippen molar-refractivity contribution in [1.29, 1.82) is 0 Å². The SMILES string of the molecule is CCCCCCCCC/C=C\CCCCCCCCCC(=O)OCCCCCCCC/C=C\CCCCCCCCCC(=O)NC(CO)C(O)/C=C/CCCCCCCCCCCCCCCCCCCCCC. The van der Waals surface area contributed by atoms with E-state index in [1.54, 1.807) is 6.08 Å². The summed E-state index contributed by atoms with van der Waals surface area (Å²) in [5, 5.41) is 23.2. The van der Waals surface area contributed by atoms with Crippen LogP contribution in [0.1, 0.15) is 361 Å². The molecule has 0 saturated carbocycles. The van der Waals surface area contributed by atoms with Gasteiger partial charge in [-0.25, -0.2) is 0 Å². The summed E-state index contributed by atoms with van der Waals surface area (Å²) in [6.45, 7) is 4.91. The Morgan fingerprint density at radius 3 is 0.959 bits per heavy atom. The van der Waals surface area contributed by atoms with E-state index in [-0.39, 0.29) is 18.5 Å². The molecule has 74 heavy (non-hydrogen) atoms. The number of carbonyl (C=O) groups excluding carboxylic acids is 2. The number of nitrogens with one attached hydrogen (secondary N) is 1. The van der Waals surface area contributed by atoms with Crippen molar-refractivity contribution in [1.82, 2.24) is 5.32 Å². The molecule has 6 heteroatoms. The fraction of sp³-hybridized carbons (Fsp3) is 0.882. The molecular weight excluding hydrogens is 911 g/mol. The predicted octanol–water partition coefficient (Wildman–Crippen LogP) is 21.1. The van der Waals surface area contributed by atoms with Crippen molar-refractivity contribution >= 4 is 11.9 Å². The highest BCUT2D eigenvalue weighted by molar-refractivity contribution is 5.76. The first kappa shape index (κ1) is 72.1. The molecule has 0 rings (SSSR count). The molecule has 6 nitrogen and oxygen atoms in total. The maximum absolute atomic E-state index is 12.5. The van der Waals surface area contributed by atoms with Gasteiger partial charge in [-0.05, 0) is 83.5 Å². The van der Waals surface area contributed by atoms with Gasteiger partial charge in [-0.2, -0.15) is 0 Å². The molecule has 0 fully saturated rings. The third-order valence-electron chi connectivity index (χ3n) is 15.4. The van der Waals surface area contributed by atoms with Gasteiger partial charge in [-0.15, -0.1) is 0 Å². The van der Waals surface area contributed by atoms with Crippen molar-refractivity contribution in [2.75, 3.05) is 13.2 Å². The summed E-state index contributed by atoms with van der Waals surface area (Å²) in [5.41, 5.74) is 0. The van der Waals surface area contributed by atoms with Crippen LogP contribution in [0.15, 0.2) is 36.5 Å². The highest BCUT2D eigenvalue weighted by atomic mass is 16.5. The van der Waals surface area contributed by atoms with Gasteiger partial charge >= 0.3 is 5.97 Å². The first-order valence-electron chi connectivity index (χ1n) is 33.3. The van der Waals surface area contributed by atoms with Crippen LogP contribution in [-0.2, 0) is 14.3 Å². The lowest BCUT2D eigenvalue weighted by atomic mass is 10.0. The number of rotatable bonds is 62. The van der Waals surface area contributed by atoms with E-state index >= 15 is 0 Å². The van der Waals surface area contributed by atoms with Gasteiger partial charge in [-0.1, -0.05) is 301 Å². The average Bonchev–Trinajstić information content (AvgIpc) is 3.40. The Morgan fingerprint density at radius 1 is 0.365 bits per heavy atom. The number of unbranched alkanes of at least 4 members (excludes halogenated alkanes) is 47. The molecule has 0 heterocycles. The fourth-order valence-corrected chi connectivity index (χ4v) is 10.3. The molecule has 0 aromatic rings. The van der Waals surface area contributed by atoms with E-state index in [9.17, 15) is 19.8 Å². The largest absolute Gasteiger partial charge is 0.466 e. The second kappa shape index (κ2) is 63.6. The summed E-state index contributed by atoms with van der Waals surface area (Å²) in [6.07, 6.45) is 80.5. The van der Waals surface area contributed by atoms with E-state index in [0.717, 1.165) is 57.8 Å². The minimum Gasteiger partial charge on any atom is -0.466 e. The zero-order chi connectivity index (χ0) is 53.6. The molecule has 0 aromatic carbocycles. The number of hydrogen-bond acceptors (Lipinski definition) is 5. The van der Waals surface area contributed by atoms with Crippen LogP contribution in [0.5, 0.6) is 0 Å². The standard InChI is InChI=1S/C68H129NO5/c1-3-5-7-9-11-13-15-17-19-21-23-24-25-26-28-32-36-40-44-48-52-56-60-66(71)65(64-70)69-67(72)61-57-53-49-45-41-37-33-29-27-31-35-39-43-47-51-55-59-63-74-68(73)62-58-54-50-46-42-38-34-30-22-20-18-16-14-12-10-8-6-4-2/h20,22,27,31,56,60,65-66,70-71H,3-19,21,23-26,28-30,32-55,57-59,61-64H2,1-2H3,(H,69,72)/b22-20-,31-27-,60-56+. The molecule has 1 amide bonds. The van der Waals surface area contributed by atoms with Crippen LogP contribution >= 0.6 is 0 Å². The molecule has 0 spiro atoms. The molecule has 436 valence electrons. The lowest BCUT2D eigenvalue weighted by Gasteiger charge is -2.20. The molecule has 0 aliphatic rings. The summed E-state index contributed by atoms with van der Waals surface area (Å²) < 4.78 is 5.49. The Bertz CT molecular complexity index is 1200. The smallest absolute Gasteiger partial charge is 0.305 e. The van der Waals surface area contributed by atoms with Gasteiger partial charge in [0, 0.05) is 12.8 Å². The van der Waals surface area contributed by atoms with Gasteiger partial charge < -0.3 is 20.3 Å². The zero-order valence-electron chi connectivity index (χ0n) is 49.8. The molecule has 0 bridgehead atoms. The number of aliphatic hydroxyl groups excluding tert-OH is 2. The van der Waals surface area contributed by atoms with Gasteiger partial charge in [0.25, 0.3) is 0 Å². The second-order valence-corrected chi connectivity index (χ2v) is 22.8. The molecule has 0 aromatic heterocycles. The van der Waals surface area contributed by atoms with Crippen LogP contribution in [0.4, 0.5) is 0 Å². The van der Waals surface area contributed by atoms with Crippen molar-refractivity contribution in [2.45, 2.75) is 373 Å². The topological polar surface area (TPSA) is 95.9 Å². The first-order chi connectivity index (χ1) is 36.5. The highest BCUT2D eigenvalue weighted by Crippen LogP contribution is 2.17. The minimum atomic E-state index is -0.854. The molecule has 0 aliphatic carbocycles. The van der Waals surface area contributed by atoms with E-state index in [2.05, 4.69) is 43.5 Å². The third kappa shape index (κ3) is 59.3. The molecule has 2 unspecified atom stereocenters. The quantitative estimate of drug-likeness (QED) is 0.0320. The van der Waals surface area contributed by atoms with E-state index in [1.165, 1.54) is 276 Å². The number of aliphatic hydroxyl groups is 2. The maximum Gasteiger partial charge on any atom is 0.305 e. The molecule has 0 radical (unpaired) electrons. The van der Waals surface area contributed by atoms with Crippen LogP contribution in [0.3, 0.4) is 0 Å². The number of hydrogen-bond donors (Lipinski definition) is 3. The predicted molar refractivity (Wildman–Crippen MR) is 324 cm³/mol. The number of amides is 1. The molecule has 2 atom stereocenters. The van der Waals surface area contributed by atoms with E-state index in [1.807, 2.05) is 6.08 Å². The number of esters is 1. The molecule has 0 saturated heterocycles. The van der Waals surface area contributed by atoms with Gasteiger partial charge in [0.1, 0.15) is 0 Å². The fourth-order valence-electron chi connectivity index (χ4n) is 10.3. The maximum atomic E-state index is 12.5. The first-order valence-corrected chi connectivity index (χ1v) is 33.3. The Hall–Kier alpha value is -1.92. The van der Waals surface area contributed by atoms with Crippen LogP contribution in [-0.4, -0.2) is 47.4 Å². The number of carbonyl (C=O) groups is 2. The van der Waals surface area contributed by atoms with Crippen molar-refractivity contribution < 1.29 is 24.5 Å². The van der Waals surface area contributed by atoms with Gasteiger partial charge in [-0.3, -0.25) is 9.59 Å². The summed E-state index contributed by atoms with van der Waals surface area (Å²) in [7, 11) is 0. The third-order valence-corrected chi connectivity index (χ3v) is 15.4. The lowest BCUT2D eigenvalue weighted by Crippen LogP contribution is -2.45. The van der Waals surface area contributed by atoms with Crippen molar-refractivity contribution in [3.63, 3.8) is 0 Å². The molecule has 0 aliphatic heterocycles. The second-order valence-electron chi connectivity index (χ2n) is 22.8. The van der Waals surface area contributed by atoms with Gasteiger partial charge in [0.05, 0.1) is 25.4 Å². The van der Waals surface area contributed by atoms with Crippen LogP contribution in [0, 0.1) is 0 Å². The van der Waals surface area contributed by atoms with Crippen molar-refractivity contribution in [3.8, 4) is 0 Å². The molecular formula is C68H129NO5. The Balaban J connectivity index is 3.47. The van der Waals surface area contributed by atoms with Crippen LogP contribution in [0.25, 0.3) is 0 Å². The summed E-state index contributed by atoms with van der Waals surface area (Å²) in [5.74, 6) is -0.0822. The van der Waals surface area contributed by atoms with Gasteiger partial charge in [0.15, 0.2) is 0 Å². The summed E-state index contributed by atoms with van der Waals surface area (Å²) in [6, 6.07) is -0.639. The summed E-state index contributed by atoms with van der Waals surface area (Å²) >= 11 is 0. The van der Waals surface area contributed by atoms with E-state index < -0.39 is 12.1 Å². The Labute approximate surface area is 462 Å². The van der Waals surface area contributed by atoms with Gasteiger partial charge in [0.2, 0.25) is 5.91 Å². The van der Waals surface area contributed by atoms with Crippen molar-refractivity contribution in [3.05, 3.63) is 36.5 Å². The lowest BCUT2D eigenvalue weighted by molar-refractivity contribution is -0.143. The Kier molecular flexibility index (Phi) is 62.0. The monoisotopic (exact) mass is 1040 g/mol. The van der Waals surface area contributed by atoms with E-state index in [0.29, 0.717) is 19.4 Å². The van der Waals surface area contributed by atoms with E-state index in [4.69, 9.17) is 4.74 Å². The minimum absolute atomic E-state index is 0.00510. The molecule has 3 N–H and O–H groups in total. The highest BCUT2D eigenvalue weighted by Gasteiger charge is 2.18. The van der Waals surface area contributed by atoms with Crippen LogP contribution in [0.2, 0.25) is 0 Å². The average molecular weight is 1040 g/mol. The van der Waals surface area contributed by atoms with Crippen LogP contribution < -0.4 is 5.32 Å². The van der Waals surface area contributed by atoms with Crippen molar-refractivity contribution in [2.24, 2.45) is 0 Å². The normalized spacial score (nSPS) is 12.8. The summed E-state index contributed by atoms with van der Waals surface area (Å²) in [4.78, 5) is 24.6. The Morgan fingerprint density at radius 2 is 0.635 bits per heavy atom. The zero-order valence-corrected chi connectivity index (χ0v) is 49.8.